The number of nitrogen functional groups attached to an aromatic ring is 1. The molecule has 19 heavy (non-hydrogen) atoms. The lowest BCUT2D eigenvalue weighted by molar-refractivity contribution is -0.128. The fourth-order valence-electron chi connectivity index (χ4n) is 2.28. The maximum atomic E-state index is 11.4. The minimum Gasteiger partial charge on any atom is -0.384 e. The molecule has 1 aromatic heterocycles. The Morgan fingerprint density at radius 2 is 2.11 bits per heavy atom. The number of hydrogen-bond donors (Lipinski definition) is 1. The van der Waals surface area contributed by atoms with Crippen molar-refractivity contribution in [2.45, 2.75) is 26.7 Å². The van der Waals surface area contributed by atoms with Crippen molar-refractivity contribution in [2.24, 2.45) is 0 Å². The van der Waals surface area contributed by atoms with E-state index in [2.05, 4.69) is 14.9 Å². The summed E-state index contributed by atoms with van der Waals surface area (Å²) in [4.78, 5) is 24.2. The summed E-state index contributed by atoms with van der Waals surface area (Å²) in [5.41, 5.74) is 5.81. The van der Waals surface area contributed by atoms with E-state index in [4.69, 9.17) is 5.73 Å². The summed E-state index contributed by atoms with van der Waals surface area (Å²) in [6.45, 7) is 6.86. The molecule has 0 unspecified atom stereocenters. The third-order valence-electron chi connectivity index (χ3n) is 3.36. The largest absolute Gasteiger partial charge is 0.384 e. The maximum Gasteiger partial charge on any atom is 0.219 e. The Kier molecular flexibility index (Phi) is 4.19. The smallest absolute Gasteiger partial charge is 0.219 e. The monoisotopic (exact) mass is 263 g/mol. The van der Waals surface area contributed by atoms with Gasteiger partial charge in [0.1, 0.15) is 17.5 Å². The number of nitrogens with zero attached hydrogens (tertiary/aromatic N) is 4. The molecule has 2 heterocycles. The second-order valence-corrected chi connectivity index (χ2v) is 4.77. The second kappa shape index (κ2) is 5.86. The highest BCUT2D eigenvalue weighted by molar-refractivity contribution is 5.73. The first-order valence-electron chi connectivity index (χ1n) is 6.74. The minimum absolute atomic E-state index is 0.137. The molecule has 0 spiro atoms. The molecule has 0 aliphatic carbocycles. The summed E-state index contributed by atoms with van der Waals surface area (Å²) in [5.74, 6) is 2.28. The molecule has 6 heteroatoms. The number of hydrogen-bond acceptors (Lipinski definition) is 5. The highest BCUT2D eigenvalue weighted by Gasteiger charge is 2.18. The van der Waals surface area contributed by atoms with Gasteiger partial charge in [0, 0.05) is 45.6 Å². The van der Waals surface area contributed by atoms with E-state index < -0.39 is 0 Å². The Labute approximate surface area is 113 Å². The molecule has 0 saturated carbocycles. The van der Waals surface area contributed by atoms with Crippen LogP contribution >= 0.6 is 0 Å². The fraction of sp³-hybridized carbons (Fsp3) is 0.615. The molecule has 0 atom stereocenters. The van der Waals surface area contributed by atoms with Crippen molar-refractivity contribution in [3.8, 4) is 0 Å². The van der Waals surface area contributed by atoms with Crippen LogP contribution in [0.15, 0.2) is 6.07 Å². The molecule has 1 amide bonds. The van der Waals surface area contributed by atoms with Gasteiger partial charge in [-0.3, -0.25) is 4.79 Å². The lowest BCUT2D eigenvalue weighted by atomic mass is 10.3. The van der Waals surface area contributed by atoms with Gasteiger partial charge in [-0.2, -0.15) is 0 Å². The molecule has 0 radical (unpaired) electrons. The van der Waals surface area contributed by atoms with Crippen molar-refractivity contribution in [3.63, 3.8) is 0 Å². The van der Waals surface area contributed by atoms with Crippen LogP contribution in [0.3, 0.4) is 0 Å². The molecule has 0 aromatic carbocycles. The van der Waals surface area contributed by atoms with Gasteiger partial charge in [0.15, 0.2) is 0 Å². The molecule has 1 aromatic rings. The van der Waals surface area contributed by atoms with E-state index in [1.165, 1.54) is 0 Å². The van der Waals surface area contributed by atoms with Crippen molar-refractivity contribution in [1.82, 2.24) is 14.9 Å². The lowest BCUT2D eigenvalue weighted by Crippen LogP contribution is -2.34. The highest BCUT2D eigenvalue weighted by atomic mass is 16.2. The van der Waals surface area contributed by atoms with Gasteiger partial charge in [0.25, 0.3) is 0 Å². The fourth-order valence-corrected chi connectivity index (χ4v) is 2.28. The van der Waals surface area contributed by atoms with E-state index in [0.29, 0.717) is 5.82 Å². The van der Waals surface area contributed by atoms with E-state index in [9.17, 15) is 4.79 Å². The molecule has 1 aliphatic rings. The van der Waals surface area contributed by atoms with Crippen LogP contribution in [0, 0.1) is 0 Å². The van der Waals surface area contributed by atoms with Crippen LogP contribution in [0.25, 0.3) is 0 Å². The third-order valence-corrected chi connectivity index (χ3v) is 3.36. The third kappa shape index (κ3) is 3.33. The van der Waals surface area contributed by atoms with Gasteiger partial charge < -0.3 is 15.5 Å². The van der Waals surface area contributed by atoms with E-state index >= 15 is 0 Å². The van der Waals surface area contributed by atoms with Crippen LogP contribution in [0.4, 0.5) is 11.6 Å². The van der Waals surface area contributed by atoms with Crippen molar-refractivity contribution in [3.05, 3.63) is 11.9 Å². The van der Waals surface area contributed by atoms with E-state index in [-0.39, 0.29) is 5.91 Å². The van der Waals surface area contributed by atoms with Crippen molar-refractivity contribution in [1.29, 1.82) is 0 Å². The standard InChI is InChI=1S/C13H21N5O/c1-3-12-15-11(14)9-13(16-12)18-6-4-5-17(7-8-18)10(2)19/h9H,3-8H2,1-2H3,(H2,14,15,16). The number of carbonyl (C=O) groups is 1. The Hall–Kier alpha value is -1.85. The molecule has 2 rings (SSSR count). The minimum atomic E-state index is 0.137. The topological polar surface area (TPSA) is 75.3 Å². The summed E-state index contributed by atoms with van der Waals surface area (Å²) in [6, 6.07) is 1.81. The number of carbonyl (C=O) groups excluding carboxylic acids is 1. The zero-order valence-corrected chi connectivity index (χ0v) is 11.6. The van der Waals surface area contributed by atoms with E-state index in [1.54, 1.807) is 6.92 Å². The van der Waals surface area contributed by atoms with Gasteiger partial charge in [0.2, 0.25) is 5.91 Å². The molecule has 104 valence electrons. The van der Waals surface area contributed by atoms with Crippen LogP contribution in [-0.2, 0) is 11.2 Å². The predicted molar refractivity (Wildman–Crippen MR) is 74.9 cm³/mol. The van der Waals surface area contributed by atoms with E-state index in [1.807, 2.05) is 17.9 Å². The average Bonchev–Trinajstić information content (AvgIpc) is 2.63. The summed E-state index contributed by atoms with van der Waals surface area (Å²) in [5, 5.41) is 0. The molecule has 1 saturated heterocycles. The zero-order chi connectivity index (χ0) is 13.8. The maximum absolute atomic E-state index is 11.4. The van der Waals surface area contributed by atoms with Gasteiger partial charge in [-0.15, -0.1) is 0 Å². The normalized spacial score (nSPS) is 16.3. The van der Waals surface area contributed by atoms with Gasteiger partial charge in [-0.1, -0.05) is 6.92 Å². The summed E-state index contributed by atoms with van der Waals surface area (Å²) in [6.07, 6.45) is 1.72. The SMILES string of the molecule is CCc1nc(N)cc(N2CCCN(C(C)=O)CC2)n1. The number of anilines is 2. The molecule has 0 bridgehead atoms. The summed E-state index contributed by atoms with van der Waals surface area (Å²) < 4.78 is 0. The van der Waals surface area contributed by atoms with Crippen LogP contribution in [0.2, 0.25) is 0 Å². The van der Waals surface area contributed by atoms with Crippen LogP contribution in [-0.4, -0.2) is 47.0 Å². The van der Waals surface area contributed by atoms with Gasteiger partial charge >= 0.3 is 0 Å². The van der Waals surface area contributed by atoms with Crippen molar-refractivity contribution < 1.29 is 4.79 Å². The number of nitrogens with two attached hydrogens (primary N) is 1. The van der Waals surface area contributed by atoms with Crippen molar-refractivity contribution >= 4 is 17.5 Å². The van der Waals surface area contributed by atoms with Crippen molar-refractivity contribution in [2.75, 3.05) is 36.8 Å². The quantitative estimate of drug-likeness (QED) is 0.849. The van der Waals surface area contributed by atoms with Gasteiger partial charge in [0.05, 0.1) is 0 Å². The zero-order valence-electron chi connectivity index (χ0n) is 11.6. The van der Waals surface area contributed by atoms with Crippen LogP contribution < -0.4 is 10.6 Å². The molecular formula is C13H21N5O. The number of amides is 1. The Morgan fingerprint density at radius 1 is 1.32 bits per heavy atom. The number of rotatable bonds is 2. The molecule has 1 aliphatic heterocycles. The first kappa shape index (κ1) is 13.6. The molecule has 1 fully saturated rings. The predicted octanol–water partition coefficient (Wildman–Crippen LogP) is 0.680. The Morgan fingerprint density at radius 3 is 2.79 bits per heavy atom. The highest BCUT2D eigenvalue weighted by Crippen LogP contribution is 2.16. The van der Waals surface area contributed by atoms with Crippen LogP contribution in [0.1, 0.15) is 26.1 Å². The van der Waals surface area contributed by atoms with Gasteiger partial charge in [-0.05, 0) is 6.42 Å². The molecular weight excluding hydrogens is 242 g/mol. The Balaban J connectivity index is 2.13. The first-order valence-corrected chi connectivity index (χ1v) is 6.74. The van der Waals surface area contributed by atoms with E-state index in [0.717, 1.165) is 50.7 Å². The molecule has 6 nitrogen and oxygen atoms in total. The first-order chi connectivity index (χ1) is 9.10. The van der Waals surface area contributed by atoms with Crippen LogP contribution in [0.5, 0.6) is 0 Å². The number of aromatic nitrogens is 2. The number of aryl methyl sites for hydroxylation is 1. The Bertz CT molecular complexity index is 462. The van der Waals surface area contributed by atoms with Gasteiger partial charge in [-0.25, -0.2) is 9.97 Å². The average molecular weight is 263 g/mol. The summed E-state index contributed by atoms with van der Waals surface area (Å²) >= 11 is 0. The molecule has 2 N–H and O–H groups in total. The second-order valence-electron chi connectivity index (χ2n) is 4.77. The lowest BCUT2D eigenvalue weighted by Gasteiger charge is -2.22. The summed E-state index contributed by atoms with van der Waals surface area (Å²) in [7, 11) is 0.